The normalized spacial score (nSPS) is 19.6. The standard InChI is InChI=1S/C21H31BrN2S/c22-12-7-13-23-14-15-24(18-23)20(16-19-8-3-1-4-9-19)17-25-21-10-5-2-6-11-21/h1,3-4,8-9,14-15,20-21H,2,5-7,10-13,16-18H2. The Kier molecular flexibility index (Phi) is 8.06. The summed E-state index contributed by atoms with van der Waals surface area (Å²) in [6.07, 6.45) is 14.1. The lowest BCUT2D eigenvalue weighted by Gasteiger charge is -2.31. The van der Waals surface area contributed by atoms with E-state index in [2.05, 4.69) is 80.2 Å². The maximum absolute atomic E-state index is 3.55. The first-order chi connectivity index (χ1) is 12.3. The van der Waals surface area contributed by atoms with Gasteiger partial charge in [0.05, 0.1) is 6.67 Å². The van der Waals surface area contributed by atoms with E-state index in [1.807, 2.05) is 0 Å². The third-order valence-electron chi connectivity index (χ3n) is 5.25. The summed E-state index contributed by atoms with van der Waals surface area (Å²) in [5, 5.41) is 1.98. The molecule has 2 nitrogen and oxygen atoms in total. The maximum Gasteiger partial charge on any atom is 0.0897 e. The molecule has 1 aromatic carbocycles. The van der Waals surface area contributed by atoms with Crippen molar-refractivity contribution in [2.45, 2.75) is 56.2 Å². The monoisotopic (exact) mass is 422 g/mol. The van der Waals surface area contributed by atoms with Gasteiger partial charge in [0.1, 0.15) is 0 Å². The van der Waals surface area contributed by atoms with E-state index >= 15 is 0 Å². The molecule has 0 bridgehead atoms. The second-order valence-electron chi connectivity index (χ2n) is 7.25. The predicted octanol–water partition coefficient (Wildman–Crippen LogP) is 5.49. The summed E-state index contributed by atoms with van der Waals surface area (Å²) in [7, 11) is 0. The number of halogens is 1. The van der Waals surface area contributed by atoms with Crippen LogP contribution in [-0.2, 0) is 6.42 Å². The summed E-state index contributed by atoms with van der Waals surface area (Å²) >= 11 is 5.78. The van der Waals surface area contributed by atoms with E-state index in [1.54, 1.807) is 0 Å². The van der Waals surface area contributed by atoms with Gasteiger partial charge in [0.25, 0.3) is 0 Å². The van der Waals surface area contributed by atoms with Crippen molar-refractivity contribution in [1.29, 1.82) is 0 Å². The molecule has 4 heteroatoms. The minimum atomic E-state index is 0.597. The summed E-state index contributed by atoms with van der Waals surface area (Å²) in [5.41, 5.74) is 1.46. The highest BCUT2D eigenvalue weighted by Gasteiger charge is 2.23. The molecule has 1 heterocycles. The fourth-order valence-electron chi connectivity index (χ4n) is 3.77. The van der Waals surface area contributed by atoms with Gasteiger partial charge in [0.2, 0.25) is 0 Å². The van der Waals surface area contributed by atoms with Gasteiger partial charge in [-0.25, -0.2) is 0 Å². The third-order valence-corrected chi connectivity index (χ3v) is 7.33. The minimum Gasteiger partial charge on any atom is -0.359 e. The number of benzene rings is 1. The molecule has 0 aromatic heterocycles. The molecule has 3 rings (SSSR count). The molecular formula is C21H31BrN2S. The lowest BCUT2D eigenvalue weighted by molar-refractivity contribution is 0.223. The van der Waals surface area contributed by atoms with Crippen molar-refractivity contribution in [2.75, 3.05) is 24.3 Å². The van der Waals surface area contributed by atoms with Crippen LogP contribution in [-0.4, -0.2) is 45.4 Å². The van der Waals surface area contributed by atoms with Crippen LogP contribution in [0, 0.1) is 0 Å². The Bertz CT molecular complexity index is 516. The number of nitrogens with zero attached hydrogens (tertiary/aromatic N) is 2. The molecule has 0 radical (unpaired) electrons. The Morgan fingerprint density at radius 2 is 1.88 bits per heavy atom. The molecule has 1 aromatic rings. The summed E-state index contributed by atoms with van der Waals surface area (Å²) in [5.74, 6) is 1.25. The molecule has 2 aliphatic rings. The zero-order chi connectivity index (χ0) is 17.3. The van der Waals surface area contributed by atoms with Crippen molar-refractivity contribution in [3.8, 4) is 0 Å². The average Bonchev–Trinajstić information content (AvgIpc) is 3.14. The Labute approximate surface area is 166 Å². The van der Waals surface area contributed by atoms with Crippen LogP contribution in [0.25, 0.3) is 0 Å². The number of thioether (sulfide) groups is 1. The van der Waals surface area contributed by atoms with E-state index in [0.717, 1.165) is 30.2 Å². The van der Waals surface area contributed by atoms with Crippen LogP contribution in [0.2, 0.25) is 0 Å². The van der Waals surface area contributed by atoms with E-state index in [9.17, 15) is 0 Å². The first-order valence-corrected chi connectivity index (χ1v) is 11.9. The number of hydrogen-bond donors (Lipinski definition) is 0. The number of hydrogen-bond acceptors (Lipinski definition) is 3. The molecule has 25 heavy (non-hydrogen) atoms. The van der Waals surface area contributed by atoms with Gasteiger partial charge < -0.3 is 9.80 Å². The molecule has 0 N–H and O–H groups in total. The van der Waals surface area contributed by atoms with Gasteiger partial charge in [-0.2, -0.15) is 11.8 Å². The summed E-state index contributed by atoms with van der Waals surface area (Å²) in [6, 6.07) is 11.6. The zero-order valence-electron chi connectivity index (χ0n) is 15.2. The molecule has 1 fully saturated rings. The van der Waals surface area contributed by atoms with E-state index in [1.165, 1.54) is 49.8 Å². The molecule has 1 atom stereocenters. The van der Waals surface area contributed by atoms with Gasteiger partial charge >= 0.3 is 0 Å². The van der Waals surface area contributed by atoms with Gasteiger partial charge in [-0.1, -0.05) is 65.5 Å². The van der Waals surface area contributed by atoms with Crippen LogP contribution in [0.3, 0.4) is 0 Å². The highest BCUT2D eigenvalue weighted by Crippen LogP contribution is 2.30. The van der Waals surface area contributed by atoms with Gasteiger partial charge in [-0.3, -0.25) is 0 Å². The number of rotatable bonds is 9. The quantitative estimate of drug-likeness (QED) is 0.485. The third kappa shape index (κ3) is 6.25. The maximum atomic E-state index is 3.55. The molecule has 138 valence electrons. The SMILES string of the molecule is BrCCCN1C=CN(C(CSC2CCCCC2)Cc2ccccc2)C1. The molecule has 1 unspecified atom stereocenters. The van der Waals surface area contributed by atoms with Crippen LogP contribution in [0.1, 0.15) is 44.1 Å². The van der Waals surface area contributed by atoms with E-state index in [4.69, 9.17) is 0 Å². The Hall–Kier alpha value is -0.610. The Balaban J connectivity index is 1.57. The molecule has 1 saturated carbocycles. The van der Waals surface area contributed by atoms with Crippen molar-refractivity contribution in [1.82, 2.24) is 9.80 Å². The van der Waals surface area contributed by atoms with Crippen molar-refractivity contribution in [3.05, 3.63) is 48.3 Å². The van der Waals surface area contributed by atoms with Crippen LogP contribution < -0.4 is 0 Å². The molecule has 0 spiro atoms. The second-order valence-corrected chi connectivity index (χ2v) is 9.37. The second kappa shape index (κ2) is 10.5. The fourth-order valence-corrected chi connectivity index (χ4v) is 5.49. The fraction of sp³-hybridized carbons (Fsp3) is 0.619. The number of alkyl halides is 1. The highest BCUT2D eigenvalue weighted by molar-refractivity contribution is 9.09. The molecule has 1 aliphatic heterocycles. The van der Waals surface area contributed by atoms with Crippen molar-refractivity contribution in [3.63, 3.8) is 0 Å². The van der Waals surface area contributed by atoms with Gasteiger partial charge in [0, 0.05) is 41.3 Å². The Morgan fingerprint density at radius 1 is 1.08 bits per heavy atom. The van der Waals surface area contributed by atoms with E-state index < -0.39 is 0 Å². The smallest absolute Gasteiger partial charge is 0.0897 e. The van der Waals surface area contributed by atoms with Gasteiger partial charge in [0.15, 0.2) is 0 Å². The average molecular weight is 423 g/mol. The van der Waals surface area contributed by atoms with Crippen molar-refractivity contribution in [2.24, 2.45) is 0 Å². The zero-order valence-corrected chi connectivity index (χ0v) is 17.6. The van der Waals surface area contributed by atoms with Crippen LogP contribution in [0.15, 0.2) is 42.7 Å². The van der Waals surface area contributed by atoms with Crippen molar-refractivity contribution < 1.29 is 0 Å². The topological polar surface area (TPSA) is 6.48 Å². The highest BCUT2D eigenvalue weighted by atomic mass is 79.9. The minimum absolute atomic E-state index is 0.597. The van der Waals surface area contributed by atoms with Gasteiger partial charge in [-0.15, -0.1) is 0 Å². The molecular weight excluding hydrogens is 392 g/mol. The Morgan fingerprint density at radius 3 is 2.64 bits per heavy atom. The van der Waals surface area contributed by atoms with Gasteiger partial charge in [-0.05, 0) is 31.2 Å². The predicted molar refractivity (Wildman–Crippen MR) is 114 cm³/mol. The van der Waals surface area contributed by atoms with Crippen LogP contribution in [0.4, 0.5) is 0 Å². The molecule has 1 aliphatic carbocycles. The summed E-state index contributed by atoms with van der Waals surface area (Å²) < 4.78 is 0. The lowest BCUT2D eigenvalue weighted by atomic mass is 10.0. The molecule has 0 amide bonds. The van der Waals surface area contributed by atoms with Crippen LogP contribution >= 0.6 is 27.7 Å². The van der Waals surface area contributed by atoms with Crippen LogP contribution in [0.5, 0.6) is 0 Å². The van der Waals surface area contributed by atoms with E-state index in [0.29, 0.717) is 6.04 Å². The van der Waals surface area contributed by atoms with E-state index in [-0.39, 0.29) is 0 Å². The first kappa shape index (κ1) is 19.2. The first-order valence-electron chi connectivity index (χ1n) is 9.75. The summed E-state index contributed by atoms with van der Waals surface area (Å²) in [4.78, 5) is 5.02. The molecule has 0 saturated heterocycles. The van der Waals surface area contributed by atoms with Crippen molar-refractivity contribution >= 4 is 27.7 Å². The lowest BCUT2D eigenvalue weighted by Crippen LogP contribution is -2.38. The summed E-state index contributed by atoms with van der Waals surface area (Å²) in [6.45, 7) is 2.20. The largest absolute Gasteiger partial charge is 0.359 e.